The maximum absolute atomic E-state index is 12.2. The van der Waals surface area contributed by atoms with E-state index in [1.807, 2.05) is 49.3 Å². The second-order valence-electron chi connectivity index (χ2n) is 6.28. The Morgan fingerprint density at radius 2 is 1.80 bits per heavy atom. The van der Waals surface area contributed by atoms with E-state index in [1.54, 1.807) is 4.90 Å². The highest BCUT2D eigenvalue weighted by Gasteiger charge is 2.20. The summed E-state index contributed by atoms with van der Waals surface area (Å²) in [6.45, 7) is 6.73. The molecule has 0 aliphatic heterocycles. The van der Waals surface area contributed by atoms with Crippen molar-refractivity contribution in [3.8, 4) is 0 Å². The van der Waals surface area contributed by atoms with Crippen molar-refractivity contribution in [1.82, 2.24) is 9.80 Å². The molecule has 0 saturated heterocycles. The standard InChI is InChI=1S/C16H27N3O/c1-16(2,12-17)13-18(3)11-15(20)19(4)10-14-8-6-5-7-9-14/h5-9H,10-13,17H2,1-4H3. The average molecular weight is 277 g/mol. The maximum Gasteiger partial charge on any atom is 0.236 e. The van der Waals surface area contributed by atoms with E-state index >= 15 is 0 Å². The van der Waals surface area contributed by atoms with Crippen LogP contribution in [0.15, 0.2) is 30.3 Å². The summed E-state index contributed by atoms with van der Waals surface area (Å²) < 4.78 is 0. The first kappa shape index (κ1) is 16.7. The van der Waals surface area contributed by atoms with Crippen LogP contribution in [-0.2, 0) is 11.3 Å². The maximum atomic E-state index is 12.2. The Kier molecular flexibility index (Phi) is 6.17. The second kappa shape index (κ2) is 7.41. The van der Waals surface area contributed by atoms with Gasteiger partial charge >= 0.3 is 0 Å². The summed E-state index contributed by atoms with van der Waals surface area (Å²) in [7, 11) is 3.81. The Labute approximate surface area is 122 Å². The van der Waals surface area contributed by atoms with Crippen molar-refractivity contribution in [1.29, 1.82) is 0 Å². The van der Waals surface area contributed by atoms with E-state index in [0.29, 0.717) is 19.6 Å². The molecule has 0 heterocycles. The number of nitrogens with two attached hydrogens (primary N) is 1. The minimum Gasteiger partial charge on any atom is -0.340 e. The van der Waals surface area contributed by atoms with Gasteiger partial charge in [0.2, 0.25) is 5.91 Å². The molecule has 20 heavy (non-hydrogen) atoms. The number of amides is 1. The van der Waals surface area contributed by atoms with Gasteiger partial charge in [0.25, 0.3) is 0 Å². The first-order valence-electron chi connectivity index (χ1n) is 7.00. The molecule has 1 rings (SSSR count). The average Bonchev–Trinajstić information content (AvgIpc) is 2.39. The number of nitrogens with zero attached hydrogens (tertiary/aromatic N) is 2. The molecule has 0 fully saturated rings. The van der Waals surface area contributed by atoms with Crippen molar-refractivity contribution in [2.45, 2.75) is 20.4 Å². The Bertz CT molecular complexity index is 417. The first-order chi connectivity index (χ1) is 9.34. The zero-order valence-corrected chi connectivity index (χ0v) is 13.1. The number of likely N-dealkylation sites (N-methyl/N-ethyl adjacent to an activating group) is 2. The summed E-state index contributed by atoms with van der Waals surface area (Å²) in [5.74, 6) is 0.129. The molecule has 0 saturated carbocycles. The number of carbonyl (C=O) groups is 1. The first-order valence-corrected chi connectivity index (χ1v) is 7.00. The van der Waals surface area contributed by atoms with Gasteiger partial charge in [-0.1, -0.05) is 44.2 Å². The molecule has 2 N–H and O–H groups in total. The second-order valence-corrected chi connectivity index (χ2v) is 6.28. The molecule has 112 valence electrons. The smallest absolute Gasteiger partial charge is 0.236 e. The van der Waals surface area contributed by atoms with Crippen molar-refractivity contribution in [2.75, 3.05) is 33.7 Å². The topological polar surface area (TPSA) is 49.6 Å². The number of hydrogen-bond acceptors (Lipinski definition) is 3. The summed E-state index contributed by atoms with van der Waals surface area (Å²) >= 11 is 0. The highest BCUT2D eigenvalue weighted by molar-refractivity contribution is 5.77. The fraction of sp³-hybridized carbons (Fsp3) is 0.562. The summed E-state index contributed by atoms with van der Waals surface area (Å²) in [5.41, 5.74) is 6.91. The molecule has 0 aliphatic carbocycles. The molecule has 0 spiro atoms. The normalized spacial score (nSPS) is 11.7. The molecular formula is C16H27N3O. The Morgan fingerprint density at radius 3 is 2.35 bits per heavy atom. The Hall–Kier alpha value is -1.39. The summed E-state index contributed by atoms with van der Waals surface area (Å²) in [4.78, 5) is 16.0. The van der Waals surface area contributed by atoms with Crippen molar-refractivity contribution < 1.29 is 4.79 Å². The SMILES string of the molecule is CN(CC(=O)N(C)Cc1ccccc1)CC(C)(C)CN. The van der Waals surface area contributed by atoms with Crippen LogP contribution in [0.1, 0.15) is 19.4 Å². The summed E-state index contributed by atoms with van der Waals surface area (Å²) in [6, 6.07) is 10.0. The van der Waals surface area contributed by atoms with E-state index in [2.05, 4.69) is 13.8 Å². The van der Waals surface area contributed by atoms with Gasteiger partial charge < -0.3 is 10.6 Å². The van der Waals surface area contributed by atoms with Gasteiger partial charge in [-0.3, -0.25) is 9.69 Å². The van der Waals surface area contributed by atoms with Crippen LogP contribution in [-0.4, -0.2) is 49.4 Å². The van der Waals surface area contributed by atoms with Gasteiger partial charge in [-0.05, 0) is 24.6 Å². The molecule has 4 heteroatoms. The number of rotatable bonds is 7. The largest absolute Gasteiger partial charge is 0.340 e. The van der Waals surface area contributed by atoms with Crippen LogP contribution in [0.5, 0.6) is 0 Å². The predicted molar refractivity (Wildman–Crippen MR) is 83.2 cm³/mol. The van der Waals surface area contributed by atoms with Crippen LogP contribution in [0.25, 0.3) is 0 Å². The van der Waals surface area contributed by atoms with E-state index in [4.69, 9.17) is 5.73 Å². The molecule has 0 aliphatic rings. The van der Waals surface area contributed by atoms with Crippen molar-refractivity contribution >= 4 is 5.91 Å². The van der Waals surface area contributed by atoms with Gasteiger partial charge in [-0.15, -0.1) is 0 Å². The highest BCUT2D eigenvalue weighted by atomic mass is 16.2. The highest BCUT2D eigenvalue weighted by Crippen LogP contribution is 2.13. The zero-order valence-electron chi connectivity index (χ0n) is 13.1. The van der Waals surface area contributed by atoms with Crippen LogP contribution in [0, 0.1) is 5.41 Å². The lowest BCUT2D eigenvalue weighted by Crippen LogP contribution is -2.42. The fourth-order valence-corrected chi connectivity index (χ4v) is 2.15. The molecule has 0 atom stereocenters. The Morgan fingerprint density at radius 1 is 1.20 bits per heavy atom. The van der Waals surface area contributed by atoms with E-state index < -0.39 is 0 Å². The number of carbonyl (C=O) groups excluding carboxylic acids is 1. The number of hydrogen-bond donors (Lipinski definition) is 1. The van der Waals surface area contributed by atoms with E-state index in [-0.39, 0.29) is 11.3 Å². The van der Waals surface area contributed by atoms with Gasteiger partial charge in [-0.2, -0.15) is 0 Å². The van der Waals surface area contributed by atoms with Crippen LogP contribution in [0.3, 0.4) is 0 Å². The van der Waals surface area contributed by atoms with Gasteiger partial charge in [0.1, 0.15) is 0 Å². The lowest BCUT2D eigenvalue weighted by atomic mass is 9.93. The van der Waals surface area contributed by atoms with Crippen LogP contribution >= 0.6 is 0 Å². The van der Waals surface area contributed by atoms with Crippen LogP contribution in [0.4, 0.5) is 0 Å². The molecule has 0 aromatic heterocycles. The molecule has 4 nitrogen and oxygen atoms in total. The lowest BCUT2D eigenvalue weighted by molar-refractivity contribution is -0.131. The van der Waals surface area contributed by atoms with Gasteiger partial charge in [-0.25, -0.2) is 0 Å². The molecule has 1 aromatic carbocycles. The summed E-state index contributed by atoms with van der Waals surface area (Å²) in [5, 5.41) is 0. The number of benzene rings is 1. The van der Waals surface area contributed by atoms with E-state index in [9.17, 15) is 4.79 Å². The fourth-order valence-electron chi connectivity index (χ4n) is 2.15. The molecule has 0 bridgehead atoms. The van der Waals surface area contributed by atoms with Gasteiger partial charge in [0, 0.05) is 20.1 Å². The molecular weight excluding hydrogens is 250 g/mol. The van der Waals surface area contributed by atoms with Gasteiger partial charge in [0.15, 0.2) is 0 Å². The zero-order chi connectivity index (χ0) is 15.2. The predicted octanol–water partition coefficient (Wildman–Crippen LogP) is 1.56. The minimum atomic E-state index is 0.0348. The van der Waals surface area contributed by atoms with E-state index in [1.165, 1.54) is 0 Å². The van der Waals surface area contributed by atoms with E-state index in [0.717, 1.165) is 12.1 Å². The molecule has 0 unspecified atom stereocenters. The minimum absolute atomic E-state index is 0.0348. The molecule has 0 radical (unpaired) electrons. The van der Waals surface area contributed by atoms with Crippen molar-refractivity contribution in [2.24, 2.45) is 11.1 Å². The monoisotopic (exact) mass is 277 g/mol. The van der Waals surface area contributed by atoms with Gasteiger partial charge in [0.05, 0.1) is 6.54 Å². The van der Waals surface area contributed by atoms with Crippen LogP contribution in [0.2, 0.25) is 0 Å². The van der Waals surface area contributed by atoms with Crippen LogP contribution < -0.4 is 5.73 Å². The Balaban J connectivity index is 2.45. The molecule has 1 aromatic rings. The third-order valence-electron chi connectivity index (χ3n) is 3.34. The lowest BCUT2D eigenvalue weighted by Gasteiger charge is -2.29. The third-order valence-corrected chi connectivity index (χ3v) is 3.34. The molecule has 1 amide bonds. The summed E-state index contributed by atoms with van der Waals surface area (Å²) in [6.07, 6.45) is 0. The van der Waals surface area contributed by atoms with Crippen molar-refractivity contribution in [3.05, 3.63) is 35.9 Å². The van der Waals surface area contributed by atoms with Crippen molar-refractivity contribution in [3.63, 3.8) is 0 Å². The third kappa shape index (κ3) is 5.72. The quantitative estimate of drug-likeness (QED) is 0.823.